The van der Waals surface area contributed by atoms with Crippen LogP contribution in [0.25, 0.3) is 0 Å². The number of para-hydroxylation sites is 1. The van der Waals surface area contributed by atoms with Gasteiger partial charge in [0.15, 0.2) is 0 Å². The number of hydrogen-bond donors (Lipinski definition) is 2. The second-order valence-electron chi connectivity index (χ2n) is 9.03. The normalized spacial score (nSPS) is 13.9. The first-order valence-corrected chi connectivity index (χ1v) is 12.1. The van der Waals surface area contributed by atoms with Gasteiger partial charge >= 0.3 is 0 Å². The molecule has 0 spiro atoms. The van der Waals surface area contributed by atoms with Gasteiger partial charge in [0.05, 0.1) is 0 Å². The van der Waals surface area contributed by atoms with Gasteiger partial charge in [0.1, 0.15) is 0 Å². The summed E-state index contributed by atoms with van der Waals surface area (Å²) < 4.78 is 0. The Bertz CT molecular complexity index is 1110. The molecule has 3 N–H and O–H groups in total. The SMILES string of the molecule is NCc1cccc(CN(Cc2ccccc2NC(=O)c2ccccc2)C(=O)C2CCCCC2)c1. The minimum atomic E-state index is -0.158. The molecule has 1 fully saturated rings. The van der Waals surface area contributed by atoms with Crippen molar-refractivity contribution in [1.29, 1.82) is 0 Å². The third-order valence-electron chi connectivity index (χ3n) is 6.53. The fourth-order valence-electron chi connectivity index (χ4n) is 4.66. The molecule has 4 rings (SSSR count). The Morgan fingerprint density at radius 1 is 0.824 bits per heavy atom. The monoisotopic (exact) mass is 455 g/mol. The number of amides is 2. The standard InChI is InChI=1S/C29H33N3O2/c30-19-22-10-9-11-23(18-22)20-32(29(34)25-14-5-2-6-15-25)21-26-16-7-8-17-27(26)31-28(33)24-12-3-1-4-13-24/h1,3-4,7-13,16-18,25H,2,5-6,14-15,19-21,30H2,(H,31,33). The minimum absolute atomic E-state index is 0.0671. The highest BCUT2D eigenvalue weighted by Gasteiger charge is 2.27. The van der Waals surface area contributed by atoms with Gasteiger partial charge in [-0.1, -0.05) is 79.9 Å². The number of benzene rings is 3. The van der Waals surface area contributed by atoms with Crippen LogP contribution < -0.4 is 11.1 Å². The predicted octanol–water partition coefficient (Wildman–Crippen LogP) is 5.51. The molecule has 2 amide bonds. The van der Waals surface area contributed by atoms with Crippen LogP contribution in [0.1, 0.15) is 59.2 Å². The van der Waals surface area contributed by atoms with Gasteiger partial charge in [-0.2, -0.15) is 0 Å². The van der Waals surface area contributed by atoms with Crippen molar-refractivity contribution in [3.8, 4) is 0 Å². The average molecular weight is 456 g/mol. The first-order chi connectivity index (χ1) is 16.6. The summed E-state index contributed by atoms with van der Waals surface area (Å²) >= 11 is 0. The van der Waals surface area contributed by atoms with Crippen molar-refractivity contribution in [3.63, 3.8) is 0 Å². The molecule has 1 aliphatic carbocycles. The summed E-state index contributed by atoms with van der Waals surface area (Å²) in [6.45, 7) is 1.43. The van der Waals surface area contributed by atoms with E-state index in [2.05, 4.69) is 11.4 Å². The van der Waals surface area contributed by atoms with Gasteiger partial charge in [0, 0.05) is 36.8 Å². The van der Waals surface area contributed by atoms with Gasteiger partial charge in [0.2, 0.25) is 5.91 Å². The van der Waals surface area contributed by atoms with Crippen LogP contribution in [0.4, 0.5) is 5.69 Å². The zero-order chi connectivity index (χ0) is 23.8. The highest BCUT2D eigenvalue weighted by Crippen LogP contribution is 2.28. The Balaban J connectivity index is 1.58. The predicted molar refractivity (Wildman–Crippen MR) is 136 cm³/mol. The smallest absolute Gasteiger partial charge is 0.255 e. The van der Waals surface area contributed by atoms with Crippen molar-refractivity contribution in [1.82, 2.24) is 4.90 Å². The summed E-state index contributed by atoms with van der Waals surface area (Å²) in [5.74, 6) is 0.105. The molecule has 0 saturated heterocycles. The van der Waals surface area contributed by atoms with Gasteiger partial charge in [0.25, 0.3) is 5.91 Å². The van der Waals surface area contributed by atoms with E-state index < -0.39 is 0 Å². The summed E-state index contributed by atoms with van der Waals surface area (Å²) in [6.07, 6.45) is 5.32. The van der Waals surface area contributed by atoms with E-state index in [1.165, 1.54) is 6.42 Å². The van der Waals surface area contributed by atoms with Crippen LogP contribution in [0.2, 0.25) is 0 Å². The van der Waals surface area contributed by atoms with Crippen LogP contribution in [0.15, 0.2) is 78.9 Å². The van der Waals surface area contributed by atoms with Crippen molar-refractivity contribution < 1.29 is 9.59 Å². The molecule has 1 aliphatic rings. The van der Waals surface area contributed by atoms with Gasteiger partial charge < -0.3 is 16.0 Å². The number of rotatable bonds is 8. The zero-order valence-electron chi connectivity index (χ0n) is 19.6. The van der Waals surface area contributed by atoms with E-state index in [9.17, 15) is 9.59 Å². The van der Waals surface area contributed by atoms with E-state index in [1.54, 1.807) is 12.1 Å². The van der Waals surface area contributed by atoms with Crippen molar-refractivity contribution in [2.45, 2.75) is 51.7 Å². The number of nitrogens with zero attached hydrogens (tertiary/aromatic N) is 1. The molecule has 176 valence electrons. The fourth-order valence-corrected chi connectivity index (χ4v) is 4.66. The molecule has 34 heavy (non-hydrogen) atoms. The molecule has 5 nitrogen and oxygen atoms in total. The maximum atomic E-state index is 13.6. The minimum Gasteiger partial charge on any atom is -0.334 e. The third-order valence-corrected chi connectivity index (χ3v) is 6.53. The lowest BCUT2D eigenvalue weighted by atomic mass is 9.88. The molecule has 0 aliphatic heterocycles. The highest BCUT2D eigenvalue weighted by molar-refractivity contribution is 6.04. The highest BCUT2D eigenvalue weighted by atomic mass is 16.2. The van der Waals surface area contributed by atoms with E-state index in [4.69, 9.17) is 5.73 Å². The molecule has 0 heterocycles. The molecule has 0 radical (unpaired) electrons. The lowest BCUT2D eigenvalue weighted by molar-refractivity contribution is -0.137. The average Bonchev–Trinajstić information content (AvgIpc) is 2.90. The van der Waals surface area contributed by atoms with E-state index in [1.807, 2.05) is 65.6 Å². The molecule has 0 unspecified atom stereocenters. The molecular weight excluding hydrogens is 422 g/mol. The maximum Gasteiger partial charge on any atom is 0.255 e. The molecule has 0 aromatic heterocycles. The van der Waals surface area contributed by atoms with E-state index in [-0.39, 0.29) is 17.7 Å². The summed E-state index contributed by atoms with van der Waals surface area (Å²) in [5, 5.41) is 3.04. The largest absolute Gasteiger partial charge is 0.334 e. The van der Waals surface area contributed by atoms with Gasteiger partial charge in [-0.05, 0) is 47.7 Å². The first-order valence-electron chi connectivity index (χ1n) is 12.1. The number of nitrogens with one attached hydrogen (secondary N) is 1. The number of anilines is 1. The lowest BCUT2D eigenvalue weighted by Crippen LogP contribution is -2.36. The summed E-state index contributed by atoms with van der Waals surface area (Å²) in [4.78, 5) is 28.4. The maximum absolute atomic E-state index is 13.6. The number of carbonyl (C=O) groups is 2. The topological polar surface area (TPSA) is 75.4 Å². The Labute approximate surface area is 202 Å². The Kier molecular flexibility index (Phi) is 8.10. The van der Waals surface area contributed by atoms with E-state index in [0.717, 1.165) is 48.1 Å². The summed E-state index contributed by atoms with van der Waals surface area (Å²) in [6, 6.07) is 25.0. The Morgan fingerprint density at radius 3 is 2.29 bits per heavy atom. The molecule has 3 aromatic rings. The molecule has 5 heteroatoms. The quantitative estimate of drug-likeness (QED) is 0.470. The molecule has 1 saturated carbocycles. The van der Waals surface area contributed by atoms with Gasteiger partial charge in [-0.3, -0.25) is 9.59 Å². The lowest BCUT2D eigenvalue weighted by Gasteiger charge is -2.30. The van der Waals surface area contributed by atoms with Crippen molar-refractivity contribution in [2.24, 2.45) is 11.7 Å². The van der Waals surface area contributed by atoms with Crippen molar-refractivity contribution in [3.05, 3.63) is 101 Å². The number of nitrogens with two attached hydrogens (primary N) is 1. The zero-order valence-corrected chi connectivity index (χ0v) is 19.6. The second-order valence-corrected chi connectivity index (χ2v) is 9.03. The fraction of sp³-hybridized carbons (Fsp3) is 0.310. The first kappa shape index (κ1) is 23.7. The third kappa shape index (κ3) is 6.12. The number of carbonyl (C=O) groups excluding carboxylic acids is 2. The van der Waals surface area contributed by atoms with Crippen molar-refractivity contribution in [2.75, 3.05) is 5.32 Å². The van der Waals surface area contributed by atoms with Crippen LogP contribution in [0, 0.1) is 5.92 Å². The van der Waals surface area contributed by atoms with Crippen LogP contribution in [0.3, 0.4) is 0 Å². The van der Waals surface area contributed by atoms with E-state index >= 15 is 0 Å². The molecule has 3 aromatic carbocycles. The van der Waals surface area contributed by atoms with Crippen LogP contribution in [-0.4, -0.2) is 16.7 Å². The van der Waals surface area contributed by atoms with Crippen LogP contribution in [0.5, 0.6) is 0 Å². The second kappa shape index (κ2) is 11.6. The van der Waals surface area contributed by atoms with Crippen molar-refractivity contribution >= 4 is 17.5 Å². The van der Waals surface area contributed by atoms with Gasteiger partial charge in [-0.15, -0.1) is 0 Å². The van der Waals surface area contributed by atoms with E-state index in [0.29, 0.717) is 25.2 Å². The molecule has 0 atom stereocenters. The Hall–Kier alpha value is -3.44. The van der Waals surface area contributed by atoms with Gasteiger partial charge in [-0.25, -0.2) is 0 Å². The Morgan fingerprint density at radius 2 is 1.53 bits per heavy atom. The summed E-state index contributed by atoms with van der Waals surface area (Å²) in [7, 11) is 0. The number of hydrogen-bond acceptors (Lipinski definition) is 3. The van der Waals surface area contributed by atoms with Crippen LogP contribution >= 0.6 is 0 Å². The summed E-state index contributed by atoms with van der Waals surface area (Å²) in [5.41, 5.74) is 10.2. The molecule has 0 bridgehead atoms. The van der Waals surface area contributed by atoms with Crippen LogP contribution in [-0.2, 0) is 24.4 Å². The molecular formula is C29H33N3O2.